The molecule has 0 spiro atoms. The zero-order chi connectivity index (χ0) is 22.3. The van der Waals surface area contributed by atoms with Crippen LogP contribution in [0.25, 0.3) is 0 Å². The standard InChI is InChI=1S/C21H21N5O5S/c1-13-5-8-18(22-10-13)25-32(28,29)15-6-7-17-16(9-15)26(20(27)12-30-17)11-19-23-21(31-24-19)14-3-2-4-14/h5-10,14H,2-4,11-12H2,1H3,(H,22,25). The van der Waals surface area contributed by atoms with Crippen molar-refractivity contribution in [1.29, 1.82) is 0 Å². The number of fused-ring (bicyclic) bond motifs is 1. The molecular weight excluding hydrogens is 434 g/mol. The Morgan fingerprint density at radius 3 is 2.78 bits per heavy atom. The van der Waals surface area contributed by atoms with Crippen LogP contribution in [-0.2, 0) is 21.4 Å². The van der Waals surface area contributed by atoms with E-state index in [-0.39, 0.29) is 35.7 Å². The summed E-state index contributed by atoms with van der Waals surface area (Å²) in [6.07, 6.45) is 4.75. The summed E-state index contributed by atoms with van der Waals surface area (Å²) < 4.78 is 39.1. The van der Waals surface area contributed by atoms with Gasteiger partial charge >= 0.3 is 0 Å². The van der Waals surface area contributed by atoms with E-state index in [0.29, 0.717) is 23.2 Å². The van der Waals surface area contributed by atoms with Crippen LogP contribution in [0, 0.1) is 6.92 Å². The smallest absolute Gasteiger partial charge is 0.265 e. The minimum absolute atomic E-state index is 0.0230. The number of sulfonamides is 1. The fourth-order valence-electron chi connectivity index (χ4n) is 3.54. The van der Waals surface area contributed by atoms with Gasteiger partial charge in [0.15, 0.2) is 12.4 Å². The van der Waals surface area contributed by atoms with Crippen molar-refractivity contribution in [3.63, 3.8) is 0 Å². The van der Waals surface area contributed by atoms with E-state index in [1.807, 2.05) is 6.92 Å². The van der Waals surface area contributed by atoms with Crippen molar-refractivity contribution in [2.24, 2.45) is 0 Å². The molecule has 1 aromatic carbocycles. The van der Waals surface area contributed by atoms with E-state index in [9.17, 15) is 13.2 Å². The predicted molar refractivity (Wildman–Crippen MR) is 114 cm³/mol. The van der Waals surface area contributed by atoms with Crippen LogP contribution in [0.3, 0.4) is 0 Å². The highest BCUT2D eigenvalue weighted by molar-refractivity contribution is 7.92. The molecule has 1 aliphatic carbocycles. The average molecular weight is 455 g/mol. The lowest BCUT2D eigenvalue weighted by Gasteiger charge is -2.28. The molecule has 0 unspecified atom stereocenters. The molecule has 166 valence electrons. The Bertz CT molecular complexity index is 1270. The molecule has 5 rings (SSSR count). The first-order valence-corrected chi connectivity index (χ1v) is 11.7. The van der Waals surface area contributed by atoms with Gasteiger partial charge in [-0.05, 0) is 49.6 Å². The fourth-order valence-corrected chi connectivity index (χ4v) is 4.57. The number of rotatable bonds is 6. The highest BCUT2D eigenvalue weighted by Crippen LogP contribution is 2.37. The first-order valence-electron chi connectivity index (χ1n) is 10.2. The molecule has 1 fully saturated rings. The summed E-state index contributed by atoms with van der Waals surface area (Å²) in [5.74, 6) is 1.51. The highest BCUT2D eigenvalue weighted by Gasteiger charge is 2.31. The molecule has 1 aliphatic heterocycles. The number of hydrogen-bond acceptors (Lipinski definition) is 8. The van der Waals surface area contributed by atoms with E-state index >= 15 is 0 Å². The molecule has 3 heterocycles. The summed E-state index contributed by atoms with van der Waals surface area (Å²) in [5.41, 5.74) is 1.24. The maximum atomic E-state index is 12.9. The quantitative estimate of drug-likeness (QED) is 0.601. The summed E-state index contributed by atoms with van der Waals surface area (Å²) in [6, 6.07) is 7.69. The molecular formula is C21H21N5O5S. The third-order valence-electron chi connectivity index (χ3n) is 5.57. The number of nitrogens with zero attached hydrogens (tertiary/aromatic N) is 4. The zero-order valence-electron chi connectivity index (χ0n) is 17.3. The number of aryl methyl sites for hydroxylation is 1. The number of anilines is 2. The lowest BCUT2D eigenvalue weighted by atomic mass is 9.85. The van der Waals surface area contributed by atoms with Gasteiger partial charge in [-0.1, -0.05) is 17.6 Å². The van der Waals surface area contributed by atoms with Crippen LogP contribution in [0.1, 0.15) is 42.5 Å². The van der Waals surface area contributed by atoms with Crippen LogP contribution < -0.4 is 14.4 Å². The minimum atomic E-state index is -3.93. The first-order chi connectivity index (χ1) is 15.4. The topological polar surface area (TPSA) is 128 Å². The lowest BCUT2D eigenvalue weighted by molar-refractivity contribution is -0.121. The van der Waals surface area contributed by atoms with Gasteiger partial charge in [-0.2, -0.15) is 4.98 Å². The number of carbonyl (C=O) groups is 1. The minimum Gasteiger partial charge on any atom is -0.482 e. The number of aromatic nitrogens is 3. The first kappa shape index (κ1) is 20.4. The van der Waals surface area contributed by atoms with Crippen molar-refractivity contribution in [2.45, 2.75) is 43.5 Å². The molecule has 2 aliphatic rings. The number of ether oxygens (including phenoxy) is 1. The summed E-state index contributed by atoms with van der Waals surface area (Å²) in [7, 11) is -3.93. The van der Waals surface area contributed by atoms with Crippen molar-refractivity contribution >= 4 is 27.4 Å². The van der Waals surface area contributed by atoms with Gasteiger partial charge in [0, 0.05) is 12.1 Å². The molecule has 1 amide bonds. The molecule has 0 saturated heterocycles. The van der Waals surface area contributed by atoms with Gasteiger partial charge in [0.05, 0.1) is 17.1 Å². The van der Waals surface area contributed by atoms with Gasteiger partial charge in [-0.25, -0.2) is 13.4 Å². The van der Waals surface area contributed by atoms with E-state index in [1.165, 1.54) is 23.1 Å². The maximum Gasteiger partial charge on any atom is 0.265 e. The van der Waals surface area contributed by atoms with E-state index < -0.39 is 10.0 Å². The molecule has 0 bridgehead atoms. The largest absolute Gasteiger partial charge is 0.482 e. The van der Waals surface area contributed by atoms with Crippen molar-refractivity contribution in [3.8, 4) is 5.75 Å². The molecule has 0 atom stereocenters. The lowest BCUT2D eigenvalue weighted by Crippen LogP contribution is -2.38. The van der Waals surface area contributed by atoms with Crippen molar-refractivity contribution in [2.75, 3.05) is 16.2 Å². The van der Waals surface area contributed by atoms with E-state index in [2.05, 4.69) is 19.8 Å². The normalized spacial score (nSPS) is 16.3. The Morgan fingerprint density at radius 2 is 2.06 bits per heavy atom. The monoisotopic (exact) mass is 455 g/mol. The second kappa shape index (κ2) is 7.90. The number of carbonyl (C=O) groups excluding carboxylic acids is 1. The number of pyridine rings is 1. The van der Waals surface area contributed by atoms with Crippen LogP contribution in [-0.4, -0.2) is 36.1 Å². The van der Waals surface area contributed by atoms with Crippen LogP contribution in [0.5, 0.6) is 5.75 Å². The van der Waals surface area contributed by atoms with Gasteiger partial charge in [0.2, 0.25) is 5.89 Å². The van der Waals surface area contributed by atoms with Gasteiger partial charge in [0.1, 0.15) is 11.6 Å². The molecule has 1 N–H and O–H groups in total. The third kappa shape index (κ3) is 3.91. The van der Waals surface area contributed by atoms with Gasteiger partial charge < -0.3 is 9.26 Å². The molecule has 0 radical (unpaired) electrons. The van der Waals surface area contributed by atoms with Crippen molar-refractivity contribution < 1.29 is 22.5 Å². The molecule has 2 aromatic heterocycles. The Labute approximate surface area is 184 Å². The highest BCUT2D eigenvalue weighted by atomic mass is 32.2. The Morgan fingerprint density at radius 1 is 1.22 bits per heavy atom. The van der Waals surface area contributed by atoms with Gasteiger partial charge in [0.25, 0.3) is 15.9 Å². The number of amides is 1. The van der Waals surface area contributed by atoms with Crippen LogP contribution in [0.4, 0.5) is 11.5 Å². The maximum absolute atomic E-state index is 12.9. The summed E-state index contributed by atoms with van der Waals surface area (Å²) in [4.78, 5) is 22.5. The summed E-state index contributed by atoms with van der Waals surface area (Å²) in [6.45, 7) is 1.76. The number of hydrogen-bond donors (Lipinski definition) is 1. The Hall–Kier alpha value is -3.47. The summed E-state index contributed by atoms with van der Waals surface area (Å²) >= 11 is 0. The third-order valence-corrected chi connectivity index (χ3v) is 6.92. The van der Waals surface area contributed by atoms with Gasteiger partial charge in [-0.3, -0.25) is 14.4 Å². The fraction of sp³-hybridized carbons (Fsp3) is 0.333. The van der Waals surface area contributed by atoms with E-state index in [4.69, 9.17) is 9.26 Å². The van der Waals surface area contributed by atoms with Crippen LogP contribution in [0.15, 0.2) is 45.9 Å². The second-order valence-corrected chi connectivity index (χ2v) is 9.58. The average Bonchev–Trinajstić information content (AvgIpc) is 3.18. The SMILES string of the molecule is Cc1ccc(NS(=O)(=O)c2ccc3c(c2)N(Cc2noc(C4CCC4)n2)C(=O)CO3)nc1. The van der Waals surface area contributed by atoms with E-state index in [1.54, 1.807) is 18.3 Å². The number of benzene rings is 1. The molecule has 3 aromatic rings. The van der Waals surface area contributed by atoms with Crippen LogP contribution in [0.2, 0.25) is 0 Å². The summed E-state index contributed by atoms with van der Waals surface area (Å²) in [5, 5.41) is 3.99. The molecule has 1 saturated carbocycles. The predicted octanol–water partition coefficient (Wildman–Crippen LogP) is 2.77. The molecule has 11 heteroatoms. The van der Waals surface area contributed by atoms with Crippen molar-refractivity contribution in [3.05, 3.63) is 53.8 Å². The van der Waals surface area contributed by atoms with Gasteiger partial charge in [-0.15, -0.1) is 0 Å². The van der Waals surface area contributed by atoms with Crippen molar-refractivity contribution in [1.82, 2.24) is 15.1 Å². The number of nitrogens with one attached hydrogen (secondary N) is 1. The Balaban J connectivity index is 1.42. The molecule has 10 nitrogen and oxygen atoms in total. The second-order valence-electron chi connectivity index (χ2n) is 7.90. The van der Waals surface area contributed by atoms with Crippen LogP contribution >= 0.6 is 0 Å². The molecule has 32 heavy (non-hydrogen) atoms. The Kier molecular flexibility index (Phi) is 5.04. The zero-order valence-corrected chi connectivity index (χ0v) is 18.1. The van der Waals surface area contributed by atoms with E-state index in [0.717, 1.165) is 24.8 Å².